The summed E-state index contributed by atoms with van der Waals surface area (Å²) in [6, 6.07) is 7.69. The molecule has 0 unspecified atom stereocenters. The second-order valence-electron chi connectivity index (χ2n) is 13.4. The highest BCUT2D eigenvalue weighted by atomic mass is 19.3. The maximum atomic E-state index is 14.6. The van der Waals surface area contributed by atoms with Crippen LogP contribution in [0.2, 0.25) is 0 Å². The molecular weight excluding hydrogens is 535 g/mol. The molecule has 7 saturated carbocycles. The molecule has 0 saturated heterocycles. The molecular formula is C30H32F3N5O3. The Kier molecular flexibility index (Phi) is 5.52. The zero-order valence-electron chi connectivity index (χ0n) is 22.7. The van der Waals surface area contributed by atoms with Gasteiger partial charge in [-0.2, -0.15) is 18.7 Å². The van der Waals surface area contributed by atoms with Gasteiger partial charge in [0, 0.05) is 29.1 Å². The van der Waals surface area contributed by atoms with Crippen LogP contribution in [0.5, 0.6) is 0 Å². The lowest BCUT2D eigenvalue weighted by atomic mass is 9.53. The van der Waals surface area contributed by atoms with E-state index < -0.39 is 23.9 Å². The molecule has 216 valence electrons. The number of benzene rings is 1. The third kappa shape index (κ3) is 4.05. The molecule has 10 rings (SSSR count). The number of nitrogens with zero attached hydrogens (tertiary/aromatic N) is 5. The molecule has 7 aliphatic carbocycles. The number of alkyl halides is 3. The van der Waals surface area contributed by atoms with Gasteiger partial charge in [-0.15, -0.1) is 0 Å². The number of halogens is 3. The van der Waals surface area contributed by atoms with E-state index in [-0.39, 0.29) is 22.7 Å². The largest absolute Gasteiger partial charge is 0.334 e. The normalized spacial score (nSPS) is 33.8. The number of anilines is 1. The Morgan fingerprint density at radius 2 is 1.76 bits per heavy atom. The van der Waals surface area contributed by atoms with Crippen LogP contribution < -0.4 is 4.90 Å². The lowest BCUT2D eigenvalue weighted by Gasteiger charge is -2.54. The van der Waals surface area contributed by atoms with Crippen molar-refractivity contribution in [3.8, 4) is 11.5 Å². The van der Waals surface area contributed by atoms with Gasteiger partial charge in [-0.05, 0) is 100 Å². The molecule has 8 nitrogen and oxygen atoms in total. The Morgan fingerprint density at radius 1 is 1.00 bits per heavy atom. The average molecular weight is 568 g/mol. The van der Waals surface area contributed by atoms with Crippen molar-refractivity contribution in [1.82, 2.24) is 20.3 Å². The van der Waals surface area contributed by atoms with Crippen molar-refractivity contribution in [2.24, 2.45) is 16.7 Å². The first-order chi connectivity index (χ1) is 19.8. The SMILES string of the molecule is O=C(N(CC12CCC(c3noc(C(F)F)n3)(CC1)CC2)c1cccc(-c2nc(C3CC3)no2)c1)C12CC(C1)[C@@H](F)C2. The molecule has 1 atom stereocenters. The van der Waals surface area contributed by atoms with Crippen LogP contribution in [0.4, 0.5) is 18.9 Å². The highest BCUT2D eigenvalue weighted by Gasteiger charge is 2.62. The van der Waals surface area contributed by atoms with Crippen LogP contribution in [0.1, 0.15) is 101 Å². The molecule has 0 aliphatic heterocycles. The number of hydrogen-bond acceptors (Lipinski definition) is 7. The molecule has 11 heteroatoms. The summed E-state index contributed by atoms with van der Waals surface area (Å²) in [7, 11) is 0. The minimum absolute atomic E-state index is 0.00627. The van der Waals surface area contributed by atoms with Gasteiger partial charge in [0.25, 0.3) is 11.8 Å². The van der Waals surface area contributed by atoms with Crippen molar-refractivity contribution in [2.45, 2.75) is 94.6 Å². The van der Waals surface area contributed by atoms with Crippen LogP contribution >= 0.6 is 0 Å². The summed E-state index contributed by atoms with van der Waals surface area (Å²) < 4.78 is 51.2. The van der Waals surface area contributed by atoms with E-state index in [1.807, 2.05) is 29.2 Å². The first-order valence-electron chi connectivity index (χ1n) is 14.8. The van der Waals surface area contributed by atoms with Crippen LogP contribution in [0.3, 0.4) is 0 Å². The number of rotatable bonds is 8. The second-order valence-corrected chi connectivity index (χ2v) is 13.4. The van der Waals surface area contributed by atoms with E-state index in [1.54, 1.807) is 0 Å². The fourth-order valence-electron chi connectivity index (χ4n) is 8.11. The molecule has 1 aromatic carbocycles. The monoisotopic (exact) mass is 567 g/mol. The fourth-order valence-corrected chi connectivity index (χ4v) is 8.11. The van der Waals surface area contributed by atoms with Crippen molar-refractivity contribution in [3.63, 3.8) is 0 Å². The molecule has 41 heavy (non-hydrogen) atoms. The van der Waals surface area contributed by atoms with Gasteiger partial charge in [-0.25, -0.2) is 4.39 Å². The predicted octanol–water partition coefficient (Wildman–Crippen LogP) is 6.70. The smallest absolute Gasteiger partial charge is 0.315 e. The summed E-state index contributed by atoms with van der Waals surface area (Å²) >= 11 is 0. The zero-order valence-corrected chi connectivity index (χ0v) is 22.7. The summed E-state index contributed by atoms with van der Waals surface area (Å²) in [5.41, 5.74) is 0.394. The third-order valence-corrected chi connectivity index (χ3v) is 10.9. The van der Waals surface area contributed by atoms with Crippen LogP contribution in [0.25, 0.3) is 11.5 Å². The van der Waals surface area contributed by atoms with Gasteiger partial charge in [0.2, 0.25) is 5.91 Å². The Labute approximate surface area is 235 Å². The van der Waals surface area contributed by atoms with Gasteiger partial charge in [-0.3, -0.25) is 4.79 Å². The van der Waals surface area contributed by atoms with E-state index in [0.29, 0.717) is 43.4 Å². The standard InChI is InChI=1S/C30H32F3N5O3/c31-21-15-30(13-19(21)14-30)27(39)38(20-3-1-2-18(12-20)24-34-23(36-40-24)17-4-5-17)16-28-6-9-29(10-7-28,11-8-28)26-35-25(22(32)33)41-37-26/h1-3,12,17,19,21-22H,4-11,13-16H2/t19?,21-,28?,29?,30?/m0/s1. The fraction of sp³-hybridized carbons (Fsp3) is 0.633. The molecule has 2 heterocycles. The van der Waals surface area contributed by atoms with Crippen LogP contribution in [0, 0.1) is 16.7 Å². The maximum Gasteiger partial charge on any atom is 0.315 e. The first kappa shape index (κ1) is 25.5. The Morgan fingerprint density at radius 3 is 2.39 bits per heavy atom. The minimum atomic E-state index is -2.79. The van der Waals surface area contributed by atoms with Gasteiger partial charge in [0.05, 0.1) is 5.41 Å². The highest BCUT2D eigenvalue weighted by Crippen LogP contribution is 2.62. The quantitative estimate of drug-likeness (QED) is 0.299. The minimum Gasteiger partial charge on any atom is -0.334 e. The second kappa shape index (κ2) is 8.88. The molecule has 0 radical (unpaired) electrons. The third-order valence-electron chi connectivity index (χ3n) is 10.9. The van der Waals surface area contributed by atoms with Crippen molar-refractivity contribution in [3.05, 3.63) is 41.8 Å². The predicted molar refractivity (Wildman–Crippen MR) is 140 cm³/mol. The lowest BCUT2D eigenvalue weighted by molar-refractivity contribution is -0.132. The van der Waals surface area contributed by atoms with Gasteiger partial charge < -0.3 is 13.9 Å². The van der Waals surface area contributed by atoms with E-state index in [9.17, 15) is 18.0 Å². The van der Waals surface area contributed by atoms with Crippen LogP contribution in [0.15, 0.2) is 33.3 Å². The summed E-state index contributed by atoms with van der Waals surface area (Å²) in [4.78, 5) is 24.8. The highest BCUT2D eigenvalue weighted by molar-refractivity contribution is 5.99. The van der Waals surface area contributed by atoms with Gasteiger partial charge in [-0.1, -0.05) is 16.4 Å². The first-order valence-corrected chi connectivity index (χ1v) is 14.8. The molecule has 7 fully saturated rings. The van der Waals surface area contributed by atoms with Gasteiger partial charge >= 0.3 is 6.43 Å². The number of amides is 1. The summed E-state index contributed by atoms with van der Waals surface area (Å²) in [5.74, 6) is 1.29. The van der Waals surface area contributed by atoms with Gasteiger partial charge in [0.1, 0.15) is 6.17 Å². The Bertz CT molecular complexity index is 1470. The van der Waals surface area contributed by atoms with E-state index in [2.05, 4.69) is 20.3 Å². The summed E-state index contributed by atoms with van der Waals surface area (Å²) in [5, 5.41) is 8.08. The van der Waals surface area contributed by atoms with Crippen LogP contribution in [-0.2, 0) is 10.2 Å². The van der Waals surface area contributed by atoms with E-state index in [4.69, 9.17) is 9.05 Å². The molecule has 4 bridgehead atoms. The molecule has 7 aliphatic rings. The Hall–Kier alpha value is -3.24. The molecule has 3 aromatic rings. The van der Waals surface area contributed by atoms with E-state index in [1.165, 1.54) is 0 Å². The van der Waals surface area contributed by atoms with Gasteiger partial charge in [0.15, 0.2) is 11.6 Å². The topological polar surface area (TPSA) is 98.2 Å². The average Bonchev–Trinajstić information content (AvgIpc) is 3.32. The summed E-state index contributed by atoms with van der Waals surface area (Å²) in [6.07, 6.45) is 4.69. The molecule has 2 aromatic heterocycles. The lowest BCUT2D eigenvalue weighted by Crippen LogP contribution is -2.54. The summed E-state index contributed by atoms with van der Waals surface area (Å²) in [6.45, 7) is 0.528. The van der Waals surface area contributed by atoms with E-state index in [0.717, 1.165) is 68.4 Å². The number of carbonyl (C=O) groups is 1. The number of fused-ring (bicyclic) bond motifs is 4. The molecule has 0 spiro atoms. The van der Waals surface area contributed by atoms with Crippen LogP contribution in [-0.4, -0.2) is 38.9 Å². The Balaban J connectivity index is 1.08. The molecule has 1 amide bonds. The van der Waals surface area contributed by atoms with Crippen molar-refractivity contribution in [1.29, 1.82) is 0 Å². The number of carbonyl (C=O) groups excluding carboxylic acids is 1. The van der Waals surface area contributed by atoms with Crippen molar-refractivity contribution in [2.75, 3.05) is 11.4 Å². The number of hydrogen-bond donors (Lipinski definition) is 0. The van der Waals surface area contributed by atoms with Crippen molar-refractivity contribution < 1.29 is 27.0 Å². The molecule has 0 N–H and O–H groups in total. The zero-order chi connectivity index (χ0) is 28.0. The van der Waals surface area contributed by atoms with E-state index >= 15 is 0 Å². The maximum absolute atomic E-state index is 14.6. The number of aromatic nitrogens is 4. The van der Waals surface area contributed by atoms with Crippen molar-refractivity contribution >= 4 is 11.6 Å².